The molecule has 1 aromatic carbocycles. The van der Waals surface area contributed by atoms with Gasteiger partial charge in [0.25, 0.3) is 0 Å². The fraction of sp³-hybridized carbons (Fsp3) is 0.625. The van der Waals surface area contributed by atoms with Crippen LogP contribution < -0.4 is 15.5 Å². The van der Waals surface area contributed by atoms with Crippen LogP contribution in [0.25, 0.3) is 0 Å². The highest BCUT2D eigenvalue weighted by Gasteiger charge is 2.49. The molecule has 2 heterocycles. The summed E-state index contributed by atoms with van der Waals surface area (Å²) in [5.74, 6) is -0.179. The number of piperidine rings is 1. The quantitative estimate of drug-likeness (QED) is 0.594. The molecule has 1 aliphatic carbocycles. The van der Waals surface area contributed by atoms with E-state index in [0.29, 0.717) is 52.0 Å². The Balaban J connectivity index is 1.54. The van der Waals surface area contributed by atoms with Crippen LogP contribution in [0.5, 0.6) is 0 Å². The maximum atomic E-state index is 13.6. The van der Waals surface area contributed by atoms with Crippen LogP contribution >= 0.6 is 0 Å². The molecule has 4 rings (SSSR count). The fourth-order valence-corrected chi connectivity index (χ4v) is 5.05. The molecule has 35 heavy (non-hydrogen) atoms. The average Bonchev–Trinajstić information content (AvgIpc) is 3.57. The highest BCUT2D eigenvalue weighted by molar-refractivity contribution is 5.87. The largest absolute Gasteiger partial charge is 0.417 e. The number of likely N-dealkylation sites (tertiary alicyclic amines) is 1. The second-order valence-corrected chi connectivity index (χ2v) is 9.68. The summed E-state index contributed by atoms with van der Waals surface area (Å²) in [7, 11) is 1.56. The van der Waals surface area contributed by atoms with Crippen LogP contribution in [-0.4, -0.2) is 68.8 Å². The van der Waals surface area contributed by atoms with Crippen LogP contribution in [0.3, 0.4) is 0 Å². The van der Waals surface area contributed by atoms with Gasteiger partial charge in [0.2, 0.25) is 5.91 Å². The number of rotatable bonds is 6. The van der Waals surface area contributed by atoms with Gasteiger partial charge in [-0.2, -0.15) is 18.4 Å². The minimum absolute atomic E-state index is 0.130. The number of anilines is 1. The molecule has 0 aromatic heterocycles. The third-order valence-electron chi connectivity index (χ3n) is 7.19. The Bertz CT molecular complexity index is 997. The number of alkyl halides is 3. The number of hydrogen-bond donors (Lipinski definition) is 2. The third kappa shape index (κ3) is 5.64. The smallest absolute Gasteiger partial charge is 0.383 e. The summed E-state index contributed by atoms with van der Waals surface area (Å²) in [6.07, 6.45) is -1.05. The Hall–Kier alpha value is -3.00. The van der Waals surface area contributed by atoms with Crippen LogP contribution in [0.4, 0.5) is 23.7 Å². The van der Waals surface area contributed by atoms with Crippen LogP contribution in [0.2, 0.25) is 0 Å². The average molecular weight is 494 g/mol. The molecule has 0 radical (unpaired) electrons. The van der Waals surface area contributed by atoms with Crippen LogP contribution in [-0.2, 0) is 15.7 Å². The first kappa shape index (κ1) is 25.1. The van der Waals surface area contributed by atoms with Crippen molar-refractivity contribution in [2.24, 2.45) is 5.41 Å². The molecular formula is C24H30F3N5O3. The van der Waals surface area contributed by atoms with Crippen LogP contribution in [0, 0.1) is 16.7 Å². The van der Waals surface area contributed by atoms with Gasteiger partial charge in [0.05, 0.1) is 23.8 Å². The topological polar surface area (TPSA) is 97.7 Å². The van der Waals surface area contributed by atoms with E-state index in [-0.39, 0.29) is 29.1 Å². The molecule has 3 aliphatic rings. The number of carbonyl (C=O) groups excluding carboxylic acids is 2. The summed E-state index contributed by atoms with van der Waals surface area (Å²) >= 11 is 0. The monoisotopic (exact) mass is 493 g/mol. The van der Waals surface area contributed by atoms with Crippen molar-refractivity contribution < 1.29 is 27.5 Å². The second-order valence-electron chi connectivity index (χ2n) is 9.68. The van der Waals surface area contributed by atoms with Crippen molar-refractivity contribution in [3.8, 4) is 6.07 Å². The minimum atomic E-state index is -4.67. The molecule has 1 unspecified atom stereocenters. The molecule has 2 N–H and O–H groups in total. The van der Waals surface area contributed by atoms with Gasteiger partial charge in [0.1, 0.15) is 6.04 Å². The zero-order valence-corrected chi connectivity index (χ0v) is 19.7. The van der Waals surface area contributed by atoms with E-state index in [4.69, 9.17) is 10.00 Å². The number of nitrogens with zero attached hydrogens (tertiary/aromatic N) is 3. The molecule has 1 aromatic rings. The lowest BCUT2D eigenvalue weighted by Gasteiger charge is -2.39. The van der Waals surface area contributed by atoms with E-state index >= 15 is 0 Å². The van der Waals surface area contributed by atoms with Crippen molar-refractivity contribution in [1.29, 1.82) is 5.26 Å². The van der Waals surface area contributed by atoms with Gasteiger partial charge in [-0.05, 0) is 55.7 Å². The number of methoxy groups -OCH3 is 1. The number of nitriles is 1. The number of urea groups is 1. The lowest BCUT2D eigenvalue weighted by Crippen LogP contribution is -2.48. The Morgan fingerprint density at radius 2 is 1.97 bits per heavy atom. The summed E-state index contributed by atoms with van der Waals surface area (Å²) < 4.78 is 45.8. The summed E-state index contributed by atoms with van der Waals surface area (Å²) in [6.45, 7) is 2.25. The van der Waals surface area contributed by atoms with E-state index in [1.165, 1.54) is 12.1 Å². The molecule has 190 valence electrons. The predicted octanol–water partition coefficient (Wildman–Crippen LogP) is 2.87. The van der Waals surface area contributed by atoms with E-state index in [2.05, 4.69) is 10.6 Å². The Morgan fingerprint density at radius 1 is 1.26 bits per heavy atom. The van der Waals surface area contributed by atoms with Crippen molar-refractivity contribution in [1.82, 2.24) is 15.5 Å². The van der Waals surface area contributed by atoms with Gasteiger partial charge in [-0.15, -0.1) is 0 Å². The summed E-state index contributed by atoms with van der Waals surface area (Å²) in [4.78, 5) is 29.0. The molecule has 2 aliphatic heterocycles. The zero-order chi connectivity index (χ0) is 25.2. The highest BCUT2D eigenvalue weighted by atomic mass is 19.4. The Labute approximate surface area is 202 Å². The first-order valence-electron chi connectivity index (χ1n) is 11.9. The van der Waals surface area contributed by atoms with Gasteiger partial charge in [-0.1, -0.05) is 0 Å². The number of amides is 3. The first-order chi connectivity index (χ1) is 16.7. The van der Waals surface area contributed by atoms with Gasteiger partial charge in [0, 0.05) is 45.0 Å². The zero-order valence-electron chi connectivity index (χ0n) is 19.7. The number of benzene rings is 1. The maximum absolute atomic E-state index is 13.6. The number of carbonyl (C=O) groups is 2. The van der Waals surface area contributed by atoms with Crippen molar-refractivity contribution >= 4 is 17.6 Å². The molecular weight excluding hydrogens is 463 g/mol. The molecule has 11 heteroatoms. The summed E-state index contributed by atoms with van der Waals surface area (Å²) in [5.41, 5.74) is -1.45. The lowest BCUT2D eigenvalue weighted by molar-refractivity contribution is -0.137. The molecule has 2 saturated heterocycles. The van der Waals surface area contributed by atoms with Crippen molar-refractivity contribution in [3.05, 3.63) is 29.3 Å². The van der Waals surface area contributed by atoms with E-state index in [1.807, 2.05) is 0 Å². The summed E-state index contributed by atoms with van der Waals surface area (Å²) in [5, 5.41) is 15.0. The highest BCUT2D eigenvalue weighted by Crippen LogP contribution is 2.46. The number of ether oxygens (including phenoxy) is 1. The van der Waals surface area contributed by atoms with Gasteiger partial charge in [-0.25, -0.2) is 4.79 Å². The molecule has 1 saturated carbocycles. The number of halogens is 3. The van der Waals surface area contributed by atoms with Crippen LogP contribution in [0.1, 0.15) is 43.2 Å². The van der Waals surface area contributed by atoms with Gasteiger partial charge in [0.15, 0.2) is 0 Å². The van der Waals surface area contributed by atoms with Gasteiger partial charge < -0.3 is 25.2 Å². The van der Waals surface area contributed by atoms with E-state index in [0.717, 1.165) is 18.9 Å². The SMILES string of the molecule is COCCNC(=O)N1CCC2(CC1)CC(C(=O)NC1CC1)N(c1ccc(C#N)c(C(F)(F)F)c1)C2. The van der Waals surface area contributed by atoms with E-state index < -0.39 is 23.3 Å². The number of nitrogens with one attached hydrogen (secondary N) is 2. The molecule has 8 nitrogen and oxygen atoms in total. The van der Waals surface area contributed by atoms with Crippen molar-refractivity contribution in [2.75, 3.05) is 44.8 Å². The van der Waals surface area contributed by atoms with Crippen LogP contribution in [0.15, 0.2) is 18.2 Å². The van der Waals surface area contributed by atoms with Crippen molar-refractivity contribution in [3.63, 3.8) is 0 Å². The van der Waals surface area contributed by atoms with Crippen molar-refractivity contribution in [2.45, 2.75) is 50.4 Å². The number of hydrogen-bond acceptors (Lipinski definition) is 5. The molecule has 3 fully saturated rings. The maximum Gasteiger partial charge on any atom is 0.417 e. The second kappa shape index (κ2) is 9.93. The standard InChI is InChI=1S/C24H30F3N5O3/c1-35-11-8-29-22(34)31-9-6-23(7-10-31)13-20(21(33)30-17-3-4-17)32(15-23)18-5-2-16(14-28)19(12-18)24(25,26)27/h2,5,12,17,20H,3-4,6-11,13,15H2,1H3,(H,29,34)(H,30,33). The van der Waals surface area contributed by atoms with Gasteiger partial charge >= 0.3 is 12.2 Å². The van der Waals surface area contributed by atoms with E-state index in [1.54, 1.807) is 23.0 Å². The normalized spacial score (nSPS) is 21.6. The van der Waals surface area contributed by atoms with E-state index in [9.17, 15) is 22.8 Å². The minimum Gasteiger partial charge on any atom is -0.383 e. The third-order valence-corrected chi connectivity index (χ3v) is 7.19. The Morgan fingerprint density at radius 3 is 2.57 bits per heavy atom. The predicted molar refractivity (Wildman–Crippen MR) is 122 cm³/mol. The fourth-order valence-electron chi connectivity index (χ4n) is 5.05. The molecule has 1 spiro atoms. The molecule has 0 bridgehead atoms. The lowest BCUT2D eigenvalue weighted by atomic mass is 9.76. The molecule has 3 amide bonds. The van der Waals surface area contributed by atoms with Gasteiger partial charge in [-0.3, -0.25) is 4.79 Å². The summed E-state index contributed by atoms with van der Waals surface area (Å²) in [6, 6.07) is 4.61. The Kier molecular flexibility index (Phi) is 7.12. The first-order valence-corrected chi connectivity index (χ1v) is 11.9. The molecule has 1 atom stereocenters.